The third-order valence-electron chi connectivity index (χ3n) is 7.23. The molecule has 2 aliphatic rings. The molecule has 4 aromatic rings. The monoisotopic (exact) mass is 585 g/mol. The van der Waals surface area contributed by atoms with Crippen molar-refractivity contribution in [3.63, 3.8) is 0 Å². The van der Waals surface area contributed by atoms with Gasteiger partial charge in [0.1, 0.15) is 5.82 Å². The van der Waals surface area contributed by atoms with Crippen molar-refractivity contribution in [2.45, 2.75) is 19.6 Å². The van der Waals surface area contributed by atoms with Gasteiger partial charge in [-0.15, -0.1) is 0 Å². The number of benzene rings is 1. The molecule has 1 aromatic carbocycles. The van der Waals surface area contributed by atoms with Crippen LogP contribution in [0.4, 0.5) is 16.0 Å². The Bertz CT molecular complexity index is 1570. The Morgan fingerprint density at radius 3 is 2.63 bits per heavy atom. The zero-order chi connectivity index (χ0) is 29.6. The summed E-state index contributed by atoms with van der Waals surface area (Å²) in [7, 11) is 0. The lowest BCUT2D eigenvalue weighted by Crippen LogP contribution is -2.45. The maximum Gasteiger partial charge on any atom is 0.235 e. The third-order valence-corrected chi connectivity index (χ3v) is 7.23. The van der Waals surface area contributed by atoms with Crippen molar-refractivity contribution in [3.8, 4) is 22.6 Å². The number of hydrogen-bond donors (Lipinski definition) is 3. The lowest BCUT2D eigenvalue weighted by molar-refractivity contribution is -0.229. The lowest BCUT2D eigenvalue weighted by Gasteiger charge is -2.35. The molecule has 13 heteroatoms. The van der Waals surface area contributed by atoms with Gasteiger partial charge in [-0.25, -0.2) is 19.3 Å². The number of nitrogens with one attached hydrogen (secondary N) is 3. The van der Waals surface area contributed by atoms with Crippen molar-refractivity contribution in [2.24, 2.45) is 10.4 Å². The average molecular weight is 586 g/mol. The van der Waals surface area contributed by atoms with Gasteiger partial charge in [0.05, 0.1) is 48.6 Å². The Hall–Kier alpha value is -4.75. The number of hydrogen-bond acceptors (Lipinski definition) is 10. The van der Waals surface area contributed by atoms with Gasteiger partial charge in [0, 0.05) is 49.5 Å². The number of carbonyl (C=O) groups excluding carboxylic acids is 1. The molecule has 0 radical (unpaired) electrons. The molecule has 0 saturated carbocycles. The molecule has 0 aliphatic carbocycles. The highest BCUT2D eigenvalue weighted by atomic mass is 19.1. The second kappa shape index (κ2) is 12.6. The smallest absolute Gasteiger partial charge is 0.235 e. The summed E-state index contributed by atoms with van der Waals surface area (Å²) in [5.41, 5.74) is 2.18. The summed E-state index contributed by atoms with van der Waals surface area (Å²) >= 11 is 0. The van der Waals surface area contributed by atoms with E-state index in [2.05, 4.69) is 35.5 Å². The van der Waals surface area contributed by atoms with Gasteiger partial charge in [-0.2, -0.15) is 0 Å². The Morgan fingerprint density at radius 2 is 1.88 bits per heavy atom. The molecule has 5 heterocycles. The lowest BCUT2D eigenvalue weighted by atomic mass is 9.91. The number of amides is 1. The molecule has 0 atom stereocenters. The molecule has 2 aliphatic heterocycles. The fraction of sp³-hybridized carbons (Fsp3) is 0.333. The van der Waals surface area contributed by atoms with Crippen LogP contribution in [0.5, 0.6) is 0 Å². The summed E-state index contributed by atoms with van der Waals surface area (Å²) in [4.78, 5) is 40.6. The van der Waals surface area contributed by atoms with Crippen molar-refractivity contribution < 1.29 is 18.7 Å². The third kappa shape index (κ3) is 6.68. The molecular formula is C30H32FN9O3. The van der Waals surface area contributed by atoms with E-state index in [0.717, 1.165) is 26.1 Å². The molecule has 1 saturated heterocycles. The first-order chi connectivity index (χ1) is 21.0. The van der Waals surface area contributed by atoms with Crippen molar-refractivity contribution in [3.05, 3.63) is 72.7 Å². The van der Waals surface area contributed by atoms with Crippen LogP contribution in [0.2, 0.25) is 0 Å². The van der Waals surface area contributed by atoms with Gasteiger partial charge in [-0.3, -0.25) is 14.8 Å². The largest absolute Gasteiger partial charge is 0.361 e. The first kappa shape index (κ1) is 28.4. The molecule has 12 nitrogen and oxygen atoms in total. The van der Waals surface area contributed by atoms with E-state index in [4.69, 9.17) is 19.4 Å². The van der Waals surface area contributed by atoms with Crippen molar-refractivity contribution in [1.82, 2.24) is 29.8 Å². The molecule has 3 aromatic heterocycles. The number of H-pyrrole nitrogens is 1. The average Bonchev–Trinajstić information content (AvgIpc) is 3.72. The van der Waals surface area contributed by atoms with Crippen LogP contribution in [-0.4, -0.2) is 81.5 Å². The maximum atomic E-state index is 13.8. The van der Waals surface area contributed by atoms with E-state index >= 15 is 0 Å². The number of rotatable bonds is 10. The number of imidazole rings is 1. The number of ether oxygens (including phenoxy) is 2. The van der Waals surface area contributed by atoms with Crippen LogP contribution in [0.3, 0.4) is 0 Å². The van der Waals surface area contributed by atoms with E-state index in [0.29, 0.717) is 46.7 Å². The number of aromatic amines is 1. The van der Waals surface area contributed by atoms with Crippen LogP contribution in [0.1, 0.15) is 25.5 Å². The van der Waals surface area contributed by atoms with Crippen LogP contribution in [0, 0.1) is 11.2 Å². The summed E-state index contributed by atoms with van der Waals surface area (Å²) in [5.74, 6) is 0.318. The number of nitrogens with zero attached hydrogens (tertiary/aromatic N) is 6. The van der Waals surface area contributed by atoms with Gasteiger partial charge in [0.15, 0.2) is 5.82 Å². The fourth-order valence-electron chi connectivity index (χ4n) is 4.77. The van der Waals surface area contributed by atoms with Gasteiger partial charge in [-0.05, 0) is 55.8 Å². The van der Waals surface area contributed by atoms with Gasteiger partial charge in [-0.1, -0.05) is 0 Å². The van der Waals surface area contributed by atoms with E-state index in [1.807, 2.05) is 6.34 Å². The van der Waals surface area contributed by atoms with Crippen LogP contribution in [0.25, 0.3) is 22.6 Å². The van der Waals surface area contributed by atoms with E-state index < -0.39 is 11.7 Å². The van der Waals surface area contributed by atoms with E-state index in [1.165, 1.54) is 12.1 Å². The molecule has 222 valence electrons. The summed E-state index contributed by atoms with van der Waals surface area (Å²) in [6.07, 6.45) is 6.84. The zero-order valence-electron chi connectivity index (χ0n) is 23.7. The Morgan fingerprint density at radius 1 is 1.09 bits per heavy atom. The van der Waals surface area contributed by atoms with Gasteiger partial charge in [0.25, 0.3) is 0 Å². The highest BCUT2D eigenvalue weighted by molar-refractivity contribution is 5.95. The normalized spacial score (nSPS) is 19.9. The molecule has 6 rings (SSSR count). The summed E-state index contributed by atoms with van der Waals surface area (Å²) < 4.78 is 25.8. The van der Waals surface area contributed by atoms with Crippen molar-refractivity contribution >= 4 is 23.9 Å². The minimum atomic E-state index is -0.913. The quantitative estimate of drug-likeness (QED) is 0.236. The number of aromatic nitrogens is 5. The van der Waals surface area contributed by atoms with Gasteiger partial charge in [0.2, 0.25) is 18.1 Å². The minimum absolute atomic E-state index is 0.112. The predicted molar refractivity (Wildman–Crippen MR) is 159 cm³/mol. The summed E-state index contributed by atoms with van der Waals surface area (Å²) in [5, 5.41) is 6.17. The van der Waals surface area contributed by atoms with Crippen LogP contribution < -0.4 is 10.6 Å². The first-order valence-electron chi connectivity index (χ1n) is 14.1. The minimum Gasteiger partial charge on any atom is -0.361 e. The molecule has 1 fully saturated rings. The van der Waals surface area contributed by atoms with Crippen LogP contribution in [0.15, 0.2) is 66.0 Å². The molecular weight excluding hydrogens is 553 g/mol. The predicted octanol–water partition coefficient (Wildman–Crippen LogP) is 3.90. The second-order valence-electron chi connectivity index (χ2n) is 10.7. The first-order valence-corrected chi connectivity index (χ1v) is 14.1. The van der Waals surface area contributed by atoms with E-state index in [-0.39, 0.29) is 24.9 Å². The van der Waals surface area contributed by atoms with Gasteiger partial charge >= 0.3 is 0 Å². The highest BCUT2D eigenvalue weighted by Gasteiger charge is 2.41. The summed E-state index contributed by atoms with van der Waals surface area (Å²) in [6, 6.07) is 11.3. The maximum absolute atomic E-state index is 13.8. The molecule has 0 unspecified atom stereocenters. The van der Waals surface area contributed by atoms with Crippen LogP contribution in [-0.2, 0) is 14.3 Å². The molecule has 0 bridgehead atoms. The SMILES string of the molecule is CC1(C(=O)Nc2ccncc2)COC(c2nc(-c3ccc(F)cc3)c(-c3ccnc(NCCCN4C=NCC4)n3)[nH]2)OC1. The molecule has 43 heavy (non-hydrogen) atoms. The topological polar surface area (TPSA) is 143 Å². The van der Waals surface area contributed by atoms with E-state index in [9.17, 15) is 9.18 Å². The Kier molecular flexibility index (Phi) is 8.34. The summed E-state index contributed by atoms with van der Waals surface area (Å²) in [6.45, 7) is 5.41. The molecule has 3 N–H and O–H groups in total. The van der Waals surface area contributed by atoms with Crippen molar-refractivity contribution in [2.75, 3.05) is 50.0 Å². The van der Waals surface area contributed by atoms with E-state index in [1.54, 1.807) is 55.8 Å². The number of pyridine rings is 1. The second-order valence-corrected chi connectivity index (χ2v) is 10.7. The molecule has 0 spiro atoms. The Balaban J connectivity index is 1.18. The van der Waals surface area contributed by atoms with Gasteiger partial charge < -0.3 is 30.0 Å². The number of carbonyl (C=O) groups is 1. The highest BCUT2D eigenvalue weighted by Crippen LogP contribution is 2.36. The molecule has 1 amide bonds. The van der Waals surface area contributed by atoms with Crippen molar-refractivity contribution in [1.29, 1.82) is 0 Å². The standard InChI is InChI=1S/C30H32FN9O3/c1-30(28(41)36-22-7-11-32-12-8-22)17-42-27(43-18-30)26-38-24(20-3-5-21(31)6-4-20)25(39-26)23-9-13-35-29(37-23)34-10-2-15-40-16-14-33-19-40/h3-9,11-13,19,27H,2,10,14-18H2,1H3,(H,38,39)(H,32,36,41)(H,34,35,37). The zero-order valence-corrected chi connectivity index (χ0v) is 23.7. The number of aliphatic imine (C=N–C) groups is 1. The fourth-order valence-corrected chi connectivity index (χ4v) is 4.77. The number of anilines is 2. The number of halogens is 1. The van der Waals surface area contributed by atoms with Crippen LogP contribution >= 0.6 is 0 Å². The Labute approximate surface area is 247 Å².